The molecule has 0 aromatic carbocycles. The lowest BCUT2D eigenvalue weighted by molar-refractivity contribution is 0.491. The number of hydrogen-bond donors (Lipinski definition) is 2. The van der Waals surface area contributed by atoms with Gasteiger partial charge in [-0.25, -0.2) is 0 Å². The molecule has 0 aliphatic heterocycles. The Morgan fingerprint density at radius 3 is 1.70 bits per heavy atom. The summed E-state index contributed by atoms with van der Waals surface area (Å²) in [7, 11) is 0. The van der Waals surface area contributed by atoms with Gasteiger partial charge in [0.05, 0.1) is 4.08 Å². The second kappa shape index (κ2) is 3.85. The Hall–Kier alpha value is 0.620. The molecular weight excluding hydrogens is 164 g/mol. The zero-order chi connectivity index (χ0) is 7.45. The molecule has 1 rings (SSSR count). The van der Waals surface area contributed by atoms with Crippen LogP contribution < -0.4 is 10.3 Å². The van der Waals surface area contributed by atoms with Crippen LogP contribution in [0.3, 0.4) is 0 Å². The average Bonchev–Trinajstić information content (AvgIpc) is 2.06. The Balaban J connectivity index is 2.44. The number of rotatable bonds is 2. The van der Waals surface area contributed by atoms with Gasteiger partial charge in [0.25, 0.3) is 0 Å². The first-order valence-electron chi connectivity index (χ1n) is 3.59. The normalized spacial score (nSPS) is 24.6. The predicted octanol–water partition coefficient (Wildman–Crippen LogP) is 1.86. The third-order valence-electron chi connectivity index (χ3n) is 2.04. The Morgan fingerprint density at radius 2 is 1.40 bits per heavy atom. The van der Waals surface area contributed by atoms with E-state index in [4.69, 9.17) is 10.3 Å². The Bertz CT molecular complexity index is 95.9. The van der Waals surface area contributed by atoms with E-state index in [-0.39, 0.29) is 4.08 Å². The third kappa shape index (κ3) is 1.81. The van der Waals surface area contributed by atoms with Crippen LogP contribution in [0.1, 0.15) is 32.1 Å². The summed E-state index contributed by atoms with van der Waals surface area (Å²) in [5.41, 5.74) is 0. The van der Waals surface area contributed by atoms with Crippen molar-refractivity contribution in [2.45, 2.75) is 36.2 Å². The van der Waals surface area contributed by atoms with Gasteiger partial charge in [0, 0.05) is 0 Å². The van der Waals surface area contributed by atoms with Crippen LogP contribution in [0.15, 0.2) is 0 Å². The maximum atomic E-state index is 5.56. The van der Waals surface area contributed by atoms with Crippen molar-refractivity contribution in [3.63, 3.8) is 0 Å². The Kier molecular flexibility index (Phi) is 3.36. The van der Waals surface area contributed by atoms with E-state index in [1.165, 1.54) is 56.0 Å². The highest BCUT2D eigenvalue weighted by Crippen LogP contribution is 2.43. The molecule has 0 radical (unpaired) electrons. The summed E-state index contributed by atoms with van der Waals surface area (Å²) >= 11 is 2.86. The van der Waals surface area contributed by atoms with Gasteiger partial charge in [-0.3, -0.25) is 10.3 Å². The summed E-state index contributed by atoms with van der Waals surface area (Å²) in [6.45, 7) is 0. The SMILES string of the molecule is NSC1(SN)CCCCC1. The molecule has 4 N–H and O–H groups in total. The van der Waals surface area contributed by atoms with E-state index in [9.17, 15) is 0 Å². The zero-order valence-corrected chi connectivity index (χ0v) is 7.64. The summed E-state index contributed by atoms with van der Waals surface area (Å²) in [6, 6.07) is 0. The standard InChI is InChI=1S/C6H14N2S2/c7-9-6(10-8)4-2-1-3-5-6/h1-5,7-8H2. The minimum atomic E-state index is 0.151. The lowest BCUT2D eigenvalue weighted by atomic mass is 10.00. The van der Waals surface area contributed by atoms with Crippen molar-refractivity contribution >= 4 is 23.9 Å². The topological polar surface area (TPSA) is 52.0 Å². The smallest absolute Gasteiger partial charge is 0.0895 e. The molecule has 0 aromatic rings. The van der Waals surface area contributed by atoms with E-state index >= 15 is 0 Å². The molecule has 0 unspecified atom stereocenters. The maximum absolute atomic E-state index is 5.56. The average molecular weight is 178 g/mol. The first-order chi connectivity index (χ1) is 4.83. The molecule has 1 fully saturated rings. The van der Waals surface area contributed by atoms with E-state index in [0.29, 0.717) is 0 Å². The van der Waals surface area contributed by atoms with Crippen LogP contribution in [-0.4, -0.2) is 4.08 Å². The van der Waals surface area contributed by atoms with Gasteiger partial charge < -0.3 is 0 Å². The predicted molar refractivity (Wildman–Crippen MR) is 49.4 cm³/mol. The first-order valence-corrected chi connectivity index (χ1v) is 5.35. The van der Waals surface area contributed by atoms with Crippen molar-refractivity contribution in [2.24, 2.45) is 10.3 Å². The molecule has 0 saturated heterocycles. The van der Waals surface area contributed by atoms with Crippen LogP contribution in [0.5, 0.6) is 0 Å². The van der Waals surface area contributed by atoms with Gasteiger partial charge in [0.1, 0.15) is 0 Å². The summed E-state index contributed by atoms with van der Waals surface area (Å²) in [4.78, 5) is 0. The fraction of sp³-hybridized carbons (Fsp3) is 1.00. The molecule has 10 heavy (non-hydrogen) atoms. The van der Waals surface area contributed by atoms with Crippen molar-refractivity contribution in [3.8, 4) is 0 Å². The number of nitrogens with two attached hydrogens (primary N) is 2. The highest BCUT2D eigenvalue weighted by Gasteiger charge is 2.31. The van der Waals surface area contributed by atoms with Crippen LogP contribution in [-0.2, 0) is 0 Å². The molecule has 0 atom stereocenters. The Morgan fingerprint density at radius 1 is 0.900 bits per heavy atom. The molecule has 0 amide bonds. The fourth-order valence-electron chi connectivity index (χ4n) is 1.35. The minimum absolute atomic E-state index is 0.151. The van der Waals surface area contributed by atoms with Crippen LogP contribution in [0.2, 0.25) is 0 Å². The summed E-state index contributed by atoms with van der Waals surface area (Å²) < 4.78 is 0.151. The fourth-order valence-corrected chi connectivity index (χ4v) is 2.62. The van der Waals surface area contributed by atoms with Crippen LogP contribution in [0.25, 0.3) is 0 Å². The largest absolute Gasteiger partial charge is 0.277 e. The van der Waals surface area contributed by atoms with E-state index in [1.54, 1.807) is 0 Å². The van der Waals surface area contributed by atoms with Gasteiger partial charge in [0.15, 0.2) is 0 Å². The van der Waals surface area contributed by atoms with E-state index in [2.05, 4.69) is 0 Å². The molecule has 0 spiro atoms. The van der Waals surface area contributed by atoms with Crippen molar-refractivity contribution in [3.05, 3.63) is 0 Å². The lowest BCUT2D eigenvalue weighted by Crippen LogP contribution is -2.27. The van der Waals surface area contributed by atoms with Gasteiger partial charge in [-0.05, 0) is 12.8 Å². The highest BCUT2D eigenvalue weighted by molar-refractivity contribution is 8.16. The molecular formula is C6H14N2S2. The van der Waals surface area contributed by atoms with Crippen LogP contribution in [0, 0.1) is 0 Å². The highest BCUT2D eigenvalue weighted by atomic mass is 32.2. The molecule has 2 nitrogen and oxygen atoms in total. The molecule has 1 aliphatic rings. The van der Waals surface area contributed by atoms with Crippen LogP contribution >= 0.6 is 23.9 Å². The Labute approximate surface area is 70.8 Å². The van der Waals surface area contributed by atoms with Gasteiger partial charge in [-0.2, -0.15) is 0 Å². The van der Waals surface area contributed by atoms with Crippen molar-refractivity contribution < 1.29 is 0 Å². The monoisotopic (exact) mass is 178 g/mol. The van der Waals surface area contributed by atoms with Gasteiger partial charge in [-0.15, -0.1) is 0 Å². The zero-order valence-electron chi connectivity index (χ0n) is 6.01. The molecule has 60 valence electrons. The third-order valence-corrected chi connectivity index (χ3v) is 4.30. The van der Waals surface area contributed by atoms with Gasteiger partial charge in [-0.1, -0.05) is 43.2 Å². The quantitative estimate of drug-likeness (QED) is 0.500. The van der Waals surface area contributed by atoms with E-state index < -0.39 is 0 Å². The van der Waals surface area contributed by atoms with Crippen molar-refractivity contribution in [1.29, 1.82) is 0 Å². The van der Waals surface area contributed by atoms with Gasteiger partial charge >= 0.3 is 0 Å². The molecule has 1 aliphatic carbocycles. The lowest BCUT2D eigenvalue weighted by Gasteiger charge is -2.32. The summed E-state index contributed by atoms with van der Waals surface area (Å²) in [5, 5.41) is 11.1. The van der Waals surface area contributed by atoms with E-state index in [1.807, 2.05) is 0 Å². The molecule has 1 saturated carbocycles. The first kappa shape index (κ1) is 8.71. The van der Waals surface area contributed by atoms with Crippen molar-refractivity contribution in [1.82, 2.24) is 0 Å². The maximum Gasteiger partial charge on any atom is 0.0895 e. The molecule has 0 heterocycles. The molecule has 4 heteroatoms. The van der Waals surface area contributed by atoms with Crippen molar-refractivity contribution in [2.75, 3.05) is 0 Å². The summed E-state index contributed by atoms with van der Waals surface area (Å²) in [6.07, 6.45) is 6.27. The molecule has 0 aromatic heterocycles. The second-order valence-electron chi connectivity index (χ2n) is 2.71. The minimum Gasteiger partial charge on any atom is -0.277 e. The van der Waals surface area contributed by atoms with Crippen LogP contribution in [0.4, 0.5) is 0 Å². The van der Waals surface area contributed by atoms with E-state index in [0.717, 1.165) is 0 Å². The number of hydrogen-bond acceptors (Lipinski definition) is 4. The molecule has 0 bridgehead atoms. The summed E-state index contributed by atoms with van der Waals surface area (Å²) in [5.74, 6) is 0. The second-order valence-corrected chi connectivity index (χ2v) is 5.00. The van der Waals surface area contributed by atoms with Gasteiger partial charge in [0.2, 0.25) is 0 Å².